The van der Waals surface area contributed by atoms with E-state index in [0.717, 1.165) is 5.56 Å². The van der Waals surface area contributed by atoms with Gasteiger partial charge in [0.05, 0.1) is 12.0 Å². The third-order valence-corrected chi connectivity index (χ3v) is 2.80. The first-order chi connectivity index (χ1) is 8.82. The minimum absolute atomic E-state index is 0.0147. The lowest BCUT2D eigenvalue weighted by Gasteiger charge is -2.26. The molecule has 0 spiro atoms. The first kappa shape index (κ1) is 15.1. The molecule has 0 bridgehead atoms. The molecule has 1 N–H and O–H groups in total. The molecule has 0 saturated heterocycles. The summed E-state index contributed by atoms with van der Waals surface area (Å²) >= 11 is 0. The largest absolute Gasteiger partial charge is 0.481 e. The van der Waals surface area contributed by atoms with Gasteiger partial charge in [0.25, 0.3) is 5.91 Å². The van der Waals surface area contributed by atoms with Gasteiger partial charge in [0, 0.05) is 12.6 Å². The maximum absolute atomic E-state index is 13.7. The highest BCUT2D eigenvalue weighted by molar-refractivity contribution is 5.95. The SMILES string of the molecule is Cc1ccc(F)c(C(=O)N(CCC(=O)O)C(C)C)c1. The fraction of sp³-hybridized carbons (Fsp3) is 0.429. The van der Waals surface area contributed by atoms with Crippen LogP contribution in [-0.2, 0) is 4.79 Å². The van der Waals surface area contributed by atoms with Gasteiger partial charge in [-0.2, -0.15) is 0 Å². The molecular formula is C14H18FNO3. The molecule has 4 nitrogen and oxygen atoms in total. The predicted octanol–water partition coefficient (Wildman–Crippen LogP) is 2.46. The highest BCUT2D eigenvalue weighted by Gasteiger charge is 2.22. The van der Waals surface area contributed by atoms with E-state index < -0.39 is 17.7 Å². The summed E-state index contributed by atoms with van der Waals surface area (Å²) in [6, 6.07) is 4.13. The molecule has 0 aliphatic rings. The summed E-state index contributed by atoms with van der Waals surface area (Å²) < 4.78 is 13.7. The van der Waals surface area contributed by atoms with Gasteiger partial charge in [0.15, 0.2) is 0 Å². The highest BCUT2D eigenvalue weighted by atomic mass is 19.1. The van der Waals surface area contributed by atoms with E-state index in [2.05, 4.69) is 0 Å². The van der Waals surface area contributed by atoms with E-state index in [1.807, 2.05) is 0 Å². The average molecular weight is 267 g/mol. The van der Waals surface area contributed by atoms with Crippen LogP contribution in [0.4, 0.5) is 4.39 Å². The van der Waals surface area contributed by atoms with E-state index in [1.165, 1.54) is 17.0 Å². The molecule has 19 heavy (non-hydrogen) atoms. The number of hydrogen-bond acceptors (Lipinski definition) is 2. The monoisotopic (exact) mass is 267 g/mol. The van der Waals surface area contributed by atoms with Crippen LogP contribution in [-0.4, -0.2) is 34.5 Å². The van der Waals surface area contributed by atoms with E-state index >= 15 is 0 Å². The Balaban J connectivity index is 2.99. The minimum atomic E-state index is -0.983. The number of rotatable bonds is 5. The topological polar surface area (TPSA) is 57.6 Å². The van der Waals surface area contributed by atoms with Crippen LogP contribution >= 0.6 is 0 Å². The number of halogens is 1. The van der Waals surface area contributed by atoms with E-state index in [0.29, 0.717) is 0 Å². The Morgan fingerprint density at radius 2 is 2.00 bits per heavy atom. The number of carbonyl (C=O) groups is 2. The van der Waals surface area contributed by atoms with Crippen molar-refractivity contribution in [2.45, 2.75) is 33.2 Å². The molecule has 5 heteroatoms. The van der Waals surface area contributed by atoms with Crippen molar-refractivity contribution in [1.29, 1.82) is 0 Å². The summed E-state index contributed by atoms with van der Waals surface area (Å²) in [5, 5.41) is 8.68. The smallest absolute Gasteiger partial charge is 0.305 e. The van der Waals surface area contributed by atoms with Gasteiger partial charge in [0.1, 0.15) is 5.82 Å². The molecule has 1 rings (SSSR count). The standard InChI is InChI=1S/C14H18FNO3/c1-9(2)16(7-6-13(17)18)14(19)11-8-10(3)4-5-12(11)15/h4-5,8-9H,6-7H2,1-3H3,(H,17,18). The molecule has 1 aromatic carbocycles. The average Bonchev–Trinajstić information content (AvgIpc) is 2.31. The van der Waals surface area contributed by atoms with Gasteiger partial charge in [-0.15, -0.1) is 0 Å². The number of hydrogen-bond donors (Lipinski definition) is 1. The molecule has 1 amide bonds. The van der Waals surface area contributed by atoms with Crippen LogP contribution in [0.1, 0.15) is 36.2 Å². The van der Waals surface area contributed by atoms with Gasteiger partial charge in [-0.3, -0.25) is 9.59 Å². The van der Waals surface area contributed by atoms with E-state index in [4.69, 9.17) is 5.11 Å². The van der Waals surface area contributed by atoms with Gasteiger partial charge >= 0.3 is 5.97 Å². The maximum Gasteiger partial charge on any atom is 0.305 e. The highest BCUT2D eigenvalue weighted by Crippen LogP contribution is 2.15. The summed E-state index contributed by atoms with van der Waals surface area (Å²) in [4.78, 5) is 24.2. The zero-order chi connectivity index (χ0) is 14.6. The maximum atomic E-state index is 13.7. The molecule has 0 saturated carbocycles. The Labute approximate surface area is 111 Å². The molecular weight excluding hydrogens is 249 g/mol. The molecule has 1 aromatic rings. The molecule has 0 aliphatic heterocycles. The van der Waals surface area contributed by atoms with Gasteiger partial charge < -0.3 is 10.0 Å². The van der Waals surface area contributed by atoms with Crippen LogP contribution in [0.2, 0.25) is 0 Å². The number of carbonyl (C=O) groups excluding carboxylic acids is 1. The zero-order valence-corrected chi connectivity index (χ0v) is 11.3. The molecule has 0 aromatic heterocycles. The van der Waals surface area contributed by atoms with Crippen molar-refractivity contribution in [2.24, 2.45) is 0 Å². The minimum Gasteiger partial charge on any atom is -0.481 e. The van der Waals surface area contributed by atoms with Crippen LogP contribution < -0.4 is 0 Å². The lowest BCUT2D eigenvalue weighted by Crippen LogP contribution is -2.39. The Morgan fingerprint density at radius 3 is 2.53 bits per heavy atom. The fourth-order valence-corrected chi connectivity index (χ4v) is 1.77. The first-order valence-corrected chi connectivity index (χ1v) is 6.12. The first-order valence-electron chi connectivity index (χ1n) is 6.12. The fourth-order valence-electron chi connectivity index (χ4n) is 1.77. The lowest BCUT2D eigenvalue weighted by molar-refractivity contribution is -0.137. The molecule has 0 fully saturated rings. The molecule has 0 aliphatic carbocycles. The van der Waals surface area contributed by atoms with E-state index in [9.17, 15) is 14.0 Å². The molecule has 0 atom stereocenters. The van der Waals surface area contributed by atoms with Crippen molar-refractivity contribution in [3.8, 4) is 0 Å². The van der Waals surface area contributed by atoms with Crippen molar-refractivity contribution >= 4 is 11.9 Å². The van der Waals surface area contributed by atoms with Crippen LogP contribution in [0.5, 0.6) is 0 Å². The third kappa shape index (κ3) is 4.05. The molecule has 0 heterocycles. The van der Waals surface area contributed by atoms with Crippen LogP contribution in [0.25, 0.3) is 0 Å². The van der Waals surface area contributed by atoms with Crippen molar-refractivity contribution in [3.63, 3.8) is 0 Å². The Hall–Kier alpha value is -1.91. The Bertz CT molecular complexity index is 486. The third-order valence-electron chi connectivity index (χ3n) is 2.80. The second kappa shape index (κ2) is 6.31. The predicted molar refractivity (Wildman–Crippen MR) is 69.6 cm³/mol. The lowest BCUT2D eigenvalue weighted by atomic mass is 10.1. The van der Waals surface area contributed by atoms with Gasteiger partial charge in [-0.05, 0) is 32.9 Å². The number of aliphatic carboxylic acids is 1. The summed E-state index contributed by atoms with van der Waals surface area (Å²) in [7, 11) is 0. The molecule has 0 radical (unpaired) electrons. The van der Waals surface area contributed by atoms with Gasteiger partial charge in [-0.25, -0.2) is 4.39 Å². The van der Waals surface area contributed by atoms with Crippen molar-refractivity contribution in [3.05, 3.63) is 35.1 Å². The number of carboxylic acids is 1. The second-order valence-corrected chi connectivity index (χ2v) is 4.72. The van der Waals surface area contributed by atoms with Crippen LogP contribution in [0, 0.1) is 12.7 Å². The number of nitrogens with zero attached hydrogens (tertiary/aromatic N) is 1. The number of aryl methyl sites for hydroxylation is 1. The summed E-state index contributed by atoms with van der Waals surface area (Å²) in [6.07, 6.45) is -0.155. The zero-order valence-electron chi connectivity index (χ0n) is 11.3. The van der Waals surface area contributed by atoms with Gasteiger partial charge in [-0.1, -0.05) is 11.6 Å². The summed E-state index contributed by atoms with van der Waals surface area (Å²) in [5.74, 6) is -2.04. The molecule has 0 unspecified atom stereocenters. The van der Waals surface area contributed by atoms with Crippen molar-refractivity contribution < 1.29 is 19.1 Å². The second-order valence-electron chi connectivity index (χ2n) is 4.72. The Kier molecular flexibility index (Phi) is 5.03. The molecule has 104 valence electrons. The quantitative estimate of drug-likeness (QED) is 0.891. The van der Waals surface area contributed by atoms with Crippen molar-refractivity contribution in [2.75, 3.05) is 6.54 Å². The Morgan fingerprint density at radius 1 is 1.37 bits per heavy atom. The van der Waals surface area contributed by atoms with Crippen LogP contribution in [0.3, 0.4) is 0 Å². The van der Waals surface area contributed by atoms with E-state index in [-0.39, 0.29) is 24.6 Å². The van der Waals surface area contributed by atoms with E-state index in [1.54, 1.807) is 26.8 Å². The summed E-state index contributed by atoms with van der Waals surface area (Å²) in [5.41, 5.74) is 0.769. The summed E-state index contributed by atoms with van der Waals surface area (Å²) in [6.45, 7) is 5.38. The number of carboxylic acid groups (broad SMARTS) is 1. The number of benzene rings is 1. The van der Waals surface area contributed by atoms with Crippen molar-refractivity contribution in [1.82, 2.24) is 4.90 Å². The normalized spacial score (nSPS) is 10.6. The van der Waals surface area contributed by atoms with Gasteiger partial charge in [0.2, 0.25) is 0 Å². The number of amides is 1. The van der Waals surface area contributed by atoms with Crippen LogP contribution in [0.15, 0.2) is 18.2 Å².